The van der Waals surface area contributed by atoms with Gasteiger partial charge in [-0.25, -0.2) is 4.39 Å². The van der Waals surface area contributed by atoms with Crippen LogP contribution in [0, 0.1) is 12.7 Å². The second kappa shape index (κ2) is 12.9. The molecule has 0 aromatic heterocycles. The SMILES string of the molecule is CN=C(NCCc1ccc(F)cc1C)NCC(c1ccccc1)N1CCOCC1.I. The summed E-state index contributed by atoms with van der Waals surface area (Å²) in [5, 5.41) is 6.84. The number of aryl methyl sites for hydroxylation is 1. The van der Waals surface area contributed by atoms with Crippen LogP contribution in [0.4, 0.5) is 4.39 Å². The van der Waals surface area contributed by atoms with Crippen LogP contribution in [-0.4, -0.2) is 57.3 Å². The molecule has 1 unspecified atom stereocenters. The highest BCUT2D eigenvalue weighted by atomic mass is 127. The highest BCUT2D eigenvalue weighted by Crippen LogP contribution is 2.21. The quantitative estimate of drug-likeness (QED) is 0.330. The van der Waals surface area contributed by atoms with Gasteiger partial charge in [0.2, 0.25) is 0 Å². The van der Waals surface area contributed by atoms with E-state index in [1.807, 2.05) is 19.1 Å². The molecule has 2 N–H and O–H groups in total. The van der Waals surface area contributed by atoms with Gasteiger partial charge in [-0.3, -0.25) is 9.89 Å². The van der Waals surface area contributed by atoms with Crippen molar-refractivity contribution in [2.75, 3.05) is 46.4 Å². The van der Waals surface area contributed by atoms with Gasteiger partial charge in [0, 0.05) is 33.2 Å². The highest BCUT2D eigenvalue weighted by Gasteiger charge is 2.22. The fourth-order valence-electron chi connectivity index (χ4n) is 3.69. The summed E-state index contributed by atoms with van der Waals surface area (Å²) in [6.45, 7) is 6.84. The largest absolute Gasteiger partial charge is 0.379 e. The average molecular weight is 526 g/mol. The van der Waals surface area contributed by atoms with Crippen LogP contribution in [0.2, 0.25) is 0 Å². The number of morpholine rings is 1. The van der Waals surface area contributed by atoms with E-state index in [2.05, 4.69) is 44.8 Å². The van der Waals surface area contributed by atoms with Gasteiger partial charge in [0.1, 0.15) is 5.82 Å². The summed E-state index contributed by atoms with van der Waals surface area (Å²) in [4.78, 5) is 6.82. The Kier molecular flexibility index (Phi) is 10.5. The minimum atomic E-state index is -0.188. The number of hydrogen-bond acceptors (Lipinski definition) is 3. The third kappa shape index (κ3) is 7.21. The van der Waals surface area contributed by atoms with E-state index in [1.54, 1.807) is 13.1 Å². The van der Waals surface area contributed by atoms with Crippen LogP contribution in [0.3, 0.4) is 0 Å². The Hall–Kier alpha value is -1.71. The van der Waals surface area contributed by atoms with Gasteiger partial charge in [0.25, 0.3) is 0 Å². The van der Waals surface area contributed by atoms with Crippen LogP contribution >= 0.6 is 24.0 Å². The molecule has 0 spiro atoms. The zero-order valence-electron chi connectivity index (χ0n) is 17.7. The van der Waals surface area contributed by atoms with Gasteiger partial charge < -0.3 is 15.4 Å². The molecule has 2 aromatic rings. The maximum atomic E-state index is 13.3. The molecule has 164 valence electrons. The van der Waals surface area contributed by atoms with E-state index in [9.17, 15) is 4.39 Å². The molecule has 0 amide bonds. The Morgan fingerprint density at radius 1 is 1.13 bits per heavy atom. The van der Waals surface area contributed by atoms with Crippen molar-refractivity contribution in [2.24, 2.45) is 4.99 Å². The monoisotopic (exact) mass is 526 g/mol. The van der Waals surface area contributed by atoms with Crippen molar-refractivity contribution in [3.63, 3.8) is 0 Å². The Morgan fingerprint density at radius 3 is 2.53 bits per heavy atom. The van der Waals surface area contributed by atoms with E-state index in [0.29, 0.717) is 0 Å². The van der Waals surface area contributed by atoms with Gasteiger partial charge in [-0.15, -0.1) is 24.0 Å². The van der Waals surface area contributed by atoms with Crippen LogP contribution < -0.4 is 10.6 Å². The van der Waals surface area contributed by atoms with Gasteiger partial charge >= 0.3 is 0 Å². The van der Waals surface area contributed by atoms with Crippen LogP contribution in [0.15, 0.2) is 53.5 Å². The lowest BCUT2D eigenvalue weighted by Crippen LogP contribution is -2.46. The first kappa shape index (κ1) is 24.6. The van der Waals surface area contributed by atoms with Crippen molar-refractivity contribution in [3.05, 3.63) is 71.0 Å². The molecule has 0 radical (unpaired) electrons. The van der Waals surface area contributed by atoms with Crippen molar-refractivity contribution in [2.45, 2.75) is 19.4 Å². The molecule has 1 saturated heterocycles. The number of halogens is 2. The number of rotatable bonds is 7. The summed E-state index contributed by atoms with van der Waals surface area (Å²) in [6.07, 6.45) is 0.818. The second-order valence-corrected chi connectivity index (χ2v) is 7.28. The molecule has 1 fully saturated rings. The van der Waals surface area contributed by atoms with Crippen molar-refractivity contribution in [1.82, 2.24) is 15.5 Å². The van der Waals surface area contributed by atoms with Crippen LogP contribution in [0.25, 0.3) is 0 Å². The first-order valence-electron chi connectivity index (χ1n) is 10.2. The van der Waals surface area contributed by atoms with E-state index in [0.717, 1.165) is 62.9 Å². The standard InChI is InChI=1S/C23H31FN4O.HI/c1-18-16-21(24)9-8-19(18)10-11-26-23(25-2)27-17-22(20-6-4-3-5-7-20)28-12-14-29-15-13-28;/h3-9,16,22H,10-15,17H2,1-2H3,(H2,25,26,27);1H. The summed E-state index contributed by atoms with van der Waals surface area (Å²) in [6, 6.07) is 15.8. The van der Waals surface area contributed by atoms with Crippen molar-refractivity contribution in [1.29, 1.82) is 0 Å². The van der Waals surface area contributed by atoms with E-state index < -0.39 is 0 Å². The molecule has 1 atom stereocenters. The molecular formula is C23H32FIN4O. The van der Waals surface area contributed by atoms with Gasteiger partial charge in [-0.2, -0.15) is 0 Å². The summed E-state index contributed by atoms with van der Waals surface area (Å²) in [5.74, 6) is 0.589. The minimum absolute atomic E-state index is 0. The molecule has 0 bridgehead atoms. The molecular weight excluding hydrogens is 494 g/mol. The number of nitrogens with zero attached hydrogens (tertiary/aromatic N) is 2. The second-order valence-electron chi connectivity index (χ2n) is 7.28. The Balaban J connectivity index is 0.00000320. The van der Waals surface area contributed by atoms with E-state index in [1.165, 1.54) is 11.6 Å². The number of hydrogen-bond donors (Lipinski definition) is 2. The Labute approximate surface area is 196 Å². The molecule has 30 heavy (non-hydrogen) atoms. The normalized spacial score (nSPS) is 15.9. The fourth-order valence-corrected chi connectivity index (χ4v) is 3.69. The summed E-state index contributed by atoms with van der Waals surface area (Å²) in [7, 11) is 1.78. The summed E-state index contributed by atoms with van der Waals surface area (Å²) in [5.41, 5.74) is 3.41. The molecule has 3 rings (SSSR count). The van der Waals surface area contributed by atoms with Crippen molar-refractivity contribution in [3.8, 4) is 0 Å². The number of aliphatic imine (C=N–C) groups is 1. The van der Waals surface area contributed by atoms with Gasteiger partial charge in [0.05, 0.1) is 19.3 Å². The molecule has 2 aromatic carbocycles. The van der Waals surface area contributed by atoms with Gasteiger partial charge in [-0.05, 0) is 42.2 Å². The lowest BCUT2D eigenvalue weighted by molar-refractivity contribution is 0.0170. The van der Waals surface area contributed by atoms with Crippen LogP contribution in [0.1, 0.15) is 22.7 Å². The van der Waals surface area contributed by atoms with Crippen molar-refractivity contribution >= 4 is 29.9 Å². The Bertz CT molecular complexity index is 797. The lowest BCUT2D eigenvalue weighted by Gasteiger charge is -2.35. The van der Waals surface area contributed by atoms with Crippen LogP contribution in [0.5, 0.6) is 0 Å². The van der Waals surface area contributed by atoms with E-state index in [-0.39, 0.29) is 35.8 Å². The maximum Gasteiger partial charge on any atom is 0.191 e. The third-order valence-corrected chi connectivity index (χ3v) is 5.35. The molecule has 1 heterocycles. The third-order valence-electron chi connectivity index (χ3n) is 5.35. The zero-order chi connectivity index (χ0) is 20.5. The van der Waals surface area contributed by atoms with Crippen molar-refractivity contribution < 1.29 is 9.13 Å². The summed E-state index contributed by atoms with van der Waals surface area (Å²) < 4.78 is 18.8. The zero-order valence-corrected chi connectivity index (χ0v) is 20.1. The molecule has 0 saturated carbocycles. The van der Waals surface area contributed by atoms with Gasteiger partial charge in [0.15, 0.2) is 5.96 Å². The molecule has 1 aliphatic heterocycles. The Morgan fingerprint density at radius 2 is 1.87 bits per heavy atom. The first-order valence-corrected chi connectivity index (χ1v) is 10.2. The topological polar surface area (TPSA) is 48.9 Å². The lowest BCUT2D eigenvalue weighted by atomic mass is 10.0. The van der Waals surface area contributed by atoms with Crippen LogP contribution in [-0.2, 0) is 11.2 Å². The number of benzene rings is 2. The predicted molar refractivity (Wildman–Crippen MR) is 131 cm³/mol. The number of ether oxygens (including phenoxy) is 1. The van der Waals surface area contributed by atoms with E-state index >= 15 is 0 Å². The van der Waals surface area contributed by atoms with E-state index in [4.69, 9.17) is 4.74 Å². The molecule has 1 aliphatic rings. The predicted octanol–water partition coefficient (Wildman–Crippen LogP) is 3.53. The first-order chi connectivity index (χ1) is 14.2. The van der Waals surface area contributed by atoms with Gasteiger partial charge in [-0.1, -0.05) is 36.4 Å². The molecule has 5 nitrogen and oxygen atoms in total. The summed E-state index contributed by atoms with van der Waals surface area (Å²) >= 11 is 0. The maximum absolute atomic E-state index is 13.3. The minimum Gasteiger partial charge on any atom is -0.379 e. The average Bonchev–Trinajstić information content (AvgIpc) is 2.75. The fraction of sp³-hybridized carbons (Fsp3) is 0.435. The number of guanidine groups is 1. The highest BCUT2D eigenvalue weighted by molar-refractivity contribution is 14.0. The number of nitrogens with one attached hydrogen (secondary N) is 2. The molecule has 7 heteroatoms. The smallest absolute Gasteiger partial charge is 0.191 e. The molecule has 0 aliphatic carbocycles.